The summed E-state index contributed by atoms with van der Waals surface area (Å²) in [5.74, 6) is 0. The molecule has 0 N–H and O–H groups in total. The first kappa shape index (κ1) is 15.1. The first-order valence-corrected chi connectivity index (χ1v) is 8.71. The van der Waals surface area contributed by atoms with Gasteiger partial charge in [0.1, 0.15) is 0 Å². The average molecular weight is 289 g/mol. The van der Waals surface area contributed by atoms with Crippen LogP contribution in [0.1, 0.15) is 51.0 Å². The molecule has 0 bridgehead atoms. The van der Waals surface area contributed by atoms with Crippen LogP contribution >= 0.6 is 0 Å². The van der Waals surface area contributed by atoms with Gasteiger partial charge in [-0.3, -0.25) is 0 Å². The summed E-state index contributed by atoms with van der Waals surface area (Å²) in [4.78, 5) is 0. The maximum Gasteiger partial charge on any atom is -0.00960 e. The van der Waals surface area contributed by atoms with Crippen molar-refractivity contribution in [3.8, 4) is 0 Å². The van der Waals surface area contributed by atoms with Gasteiger partial charge in [-0.15, -0.1) is 0 Å². The molecule has 0 aliphatic heterocycles. The average Bonchev–Trinajstić information content (AvgIpc) is 2.57. The number of benzene rings is 3. The van der Waals surface area contributed by atoms with Crippen LogP contribution in [0, 0.1) is 6.07 Å². The highest BCUT2D eigenvalue weighted by Crippen LogP contribution is 2.29. The van der Waals surface area contributed by atoms with E-state index in [1.807, 2.05) is 6.07 Å². The lowest BCUT2D eigenvalue weighted by atomic mass is 9.93. The Bertz CT molecular complexity index is 685. The lowest BCUT2D eigenvalue weighted by molar-refractivity contribution is 0.609. The lowest BCUT2D eigenvalue weighted by Crippen LogP contribution is -1.91. The largest absolute Gasteiger partial charge is 0.0654 e. The number of hydrogen-bond acceptors (Lipinski definition) is 0. The summed E-state index contributed by atoms with van der Waals surface area (Å²) in [7, 11) is 0. The van der Waals surface area contributed by atoms with Crippen molar-refractivity contribution in [1.29, 1.82) is 0 Å². The van der Waals surface area contributed by atoms with Crippen molar-refractivity contribution < 1.29 is 0 Å². The van der Waals surface area contributed by atoms with Crippen LogP contribution in [-0.2, 0) is 6.42 Å². The molecule has 1 radical (unpaired) electrons. The van der Waals surface area contributed by atoms with Crippen molar-refractivity contribution in [2.45, 2.75) is 51.9 Å². The predicted octanol–water partition coefficient (Wildman–Crippen LogP) is 6.70. The molecule has 0 saturated heterocycles. The van der Waals surface area contributed by atoms with Crippen molar-refractivity contribution in [1.82, 2.24) is 0 Å². The zero-order valence-corrected chi connectivity index (χ0v) is 13.6. The summed E-state index contributed by atoms with van der Waals surface area (Å²) in [6.07, 6.45) is 9.30. The molecule has 3 aromatic carbocycles. The molecular weight excluding hydrogens is 264 g/mol. The Kier molecular flexibility index (Phi) is 5.11. The van der Waals surface area contributed by atoms with Gasteiger partial charge in [0.25, 0.3) is 0 Å². The number of hydrogen-bond donors (Lipinski definition) is 0. The summed E-state index contributed by atoms with van der Waals surface area (Å²) in [6, 6.07) is 20.8. The predicted molar refractivity (Wildman–Crippen MR) is 97.4 cm³/mol. The Balaban J connectivity index is 1.85. The van der Waals surface area contributed by atoms with Gasteiger partial charge >= 0.3 is 0 Å². The van der Waals surface area contributed by atoms with Gasteiger partial charge in [0.05, 0.1) is 0 Å². The third kappa shape index (κ3) is 3.32. The fraction of sp³-hybridized carbons (Fsp3) is 0.364. The zero-order valence-electron chi connectivity index (χ0n) is 13.6. The number of rotatable bonds is 7. The molecule has 0 aromatic heterocycles. The van der Waals surface area contributed by atoms with Gasteiger partial charge < -0.3 is 0 Å². The Hall–Kier alpha value is -1.82. The van der Waals surface area contributed by atoms with E-state index in [0.29, 0.717) is 0 Å². The molecule has 22 heavy (non-hydrogen) atoms. The first-order chi connectivity index (χ1) is 10.9. The summed E-state index contributed by atoms with van der Waals surface area (Å²) in [6.45, 7) is 2.28. The quantitative estimate of drug-likeness (QED) is 0.335. The van der Waals surface area contributed by atoms with Crippen LogP contribution in [0.25, 0.3) is 21.5 Å². The minimum absolute atomic E-state index is 1.18. The molecule has 0 spiro atoms. The molecule has 0 aliphatic carbocycles. The van der Waals surface area contributed by atoms with E-state index in [9.17, 15) is 0 Å². The van der Waals surface area contributed by atoms with E-state index < -0.39 is 0 Å². The molecule has 0 fully saturated rings. The Morgan fingerprint density at radius 3 is 2.50 bits per heavy atom. The van der Waals surface area contributed by atoms with Gasteiger partial charge in [0, 0.05) is 0 Å². The van der Waals surface area contributed by atoms with Crippen LogP contribution < -0.4 is 0 Å². The molecule has 3 aromatic rings. The topological polar surface area (TPSA) is 0 Å². The first-order valence-electron chi connectivity index (χ1n) is 8.71. The molecule has 0 amide bonds. The Morgan fingerprint density at radius 1 is 0.818 bits per heavy atom. The monoisotopic (exact) mass is 289 g/mol. The van der Waals surface area contributed by atoms with Crippen molar-refractivity contribution >= 4 is 21.5 Å². The van der Waals surface area contributed by atoms with E-state index in [1.165, 1.54) is 72.1 Å². The number of unbranched alkanes of at least 4 members (excludes halogenated alkanes) is 5. The fourth-order valence-electron chi connectivity index (χ4n) is 3.38. The lowest BCUT2D eigenvalue weighted by Gasteiger charge is -2.11. The van der Waals surface area contributed by atoms with E-state index in [-0.39, 0.29) is 0 Å². The third-order valence-electron chi connectivity index (χ3n) is 4.58. The van der Waals surface area contributed by atoms with Gasteiger partial charge in [0.15, 0.2) is 0 Å². The summed E-state index contributed by atoms with van der Waals surface area (Å²) in [5.41, 5.74) is 1.51. The van der Waals surface area contributed by atoms with Gasteiger partial charge in [0.2, 0.25) is 0 Å². The summed E-state index contributed by atoms with van der Waals surface area (Å²) < 4.78 is 0. The normalized spacial score (nSPS) is 11.3. The Labute approximate surface area is 134 Å². The fourth-order valence-corrected chi connectivity index (χ4v) is 3.38. The number of fused-ring (bicyclic) bond motifs is 2. The minimum atomic E-state index is 1.18. The molecule has 3 rings (SSSR count). The third-order valence-corrected chi connectivity index (χ3v) is 4.58. The van der Waals surface area contributed by atoms with Gasteiger partial charge in [-0.1, -0.05) is 81.5 Å². The maximum atomic E-state index is 3.40. The smallest absolute Gasteiger partial charge is 0.00960 e. The second-order valence-corrected chi connectivity index (χ2v) is 6.23. The van der Waals surface area contributed by atoms with Crippen LogP contribution in [0.5, 0.6) is 0 Å². The second-order valence-electron chi connectivity index (χ2n) is 6.23. The second kappa shape index (κ2) is 7.45. The van der Waals surface area contributed by atoms with Gasteiger partial charge in [-0.25, -0.2) is 0 Å². The van der Waals surface area contributed by atoms with E-state index in [2.05, 4.69) is 55.5 Å². The molecule has 0 atom stereocenters. The molecular formula is C22H25. The van der Waals surface area contributed by atoms with Crippen LogP contribution in [0.15, 0.2) is 48.5 Å². The highest BCUT2D eigenvalue weighted by Gasteiger charge is 2.07. The zero-order chi connectivity index (χ0) is 15.2. The SMILES string of the molecule is CCCCCCCCc1c2ccc[c]c2cc2ccccc12. The highest BCUT2D eigenvalue weighted by atomic mass is 14.1. The summed E-state index contributed by atoms with van der Waals surface area (Å²) >= 11 is 0. The molecule has 0 heteroatoms. The van der Waals surface area contributed by atoms with Crippen molar-refractivity contribution in [3.05, 3.63) is 60.2 Å². The molecule has 0 aliphatic rings. The molecule has 113 valence electrons. The van der Waals surface area contributed by atoms with Crippen LogP contribution in [0.2, 0.25) is 0 Å². The minimum Gasteiger partial charge on any atom is -0.0654 e. The molecule has 0 nitrogen and oxygen atoms in total. The van der Waals surface area contributed by atoms with Crippen LogP contribution in [0.3, 0.4) is 0 Å². The maximum absolute atomic E-state index is 3.40. The van der Waals surface area contributed by atoms with E-state index >= 15 is 0 Å². The van der Waals surface area contributed by atoms with E-state index in [0.717, 1.165) is 0 Å². The van der Waals surface area contributed by atoms with Gasteiger partial charge in [-0.2, -0.15) is 0 Å². The van der Waals surface area contributed by atoms with E-state index in [1.54, 1.807) is 0 Å². The van der Waals surface area contributed by atoms with Crippen LogP contribution in [0.4, 0.5) is 0 Å². The molecule has 0 unspecified atom stereocenters. The van der Waals surface area contributed by atoms with Crippen LogP contribution in [-0.4, -0.2) is 0 Å². The molecule has 0 saturated carbocycles. The van der Waals surface area contributed by atoms with Gasteiger partial charge in [-0.05, 0) is 52.1 Å². The van der Waals surface area contributed by atoms with Crippen molar-refractivity contribution in [3.63, 3.8) is 0 Å². The number of aryl methyl sites for hydroxylation is 1. The standard InChI is InChI=1S/C22H25/c1-2-3-4-5-6-7-16-22-20-14-10-8-12-18(20)17-19-13-9-11-15-21(19)22/h8-12,14-15,17H,2-7,16H2,1H3. The Morgan fingerprint density at radius 2 is 1.59 bits per heavy atom. The van der Waals surface area contributed by atoms with Crippen molar-refractivity contribution in [2.75, 3.05) is 0 Å². The molecule has 0 heterocycles. The highest BCUT2D eigenvalue weighted by molar-refractivity contribution is 6.01. The van der Waals surface area contributed by atoms with Crippen molar-refractivity contribution in [2.24, 2.45) is 0 Å². The summed E-state index contributed by atoms with van der Waals surface area (Å²) in [5, 5.41) is 5.40. The van der Waals surface area contributed by atoms with E-state index in [4.69, 9.17) is 0 Å².